The van der Waals surface area contributed by atoms with Crippen molar-refractivity contribution >= 4 is 5.97 Å². The SMILES string of the molecule is C.COC(=O)CC1CCN(Cc2ccccc2F)CC1. The van der Waals surface area contributed by atoms with E-state index in [2.05, 4.69) is 9.64 Å². The first-order chi connectivity index (χ1) is 9.19. The highest BCUT2D eigenvalue weighted by Crippen LogP contribution is 2.22. The van der Waals surface area contributed by atoms with Gasteiger partial charge in [-0.1, -0.05) is 25.6 Å². The van der Waals surface area contributed by atoms with Gasteiger partial charge in [0.25, 0.3) is 0 Å². The largest absolute Gasteiger partial charge is 0.469 e. The number of ether oxygens (including phenoxy) is 1. The number of carbonyl (C=O) groups excluding carboxylic acids is 1. The van der Waals surface area contributed by atoms with E-state index in [1.807, 2.05) is 12.1 Å². The Labute approximate surface area is 120 Å². The van der Waals surface area contributed by atoms with Gasteiger partial charge in [0.1, 0.15) is 5.82 Å². The minimum atomic E-state index is -0.140. The summed E-state index contributed by atoms with van der Waals surface area (Å²) in [6.07, 6.45) is 2.46. The molecular weight excluding hydrogens is 257 g/mol. The summed E-state index contributed by atoms with van der Waals surface area (Å²) in [4.78, 5) is 13.5. The fourth-order valence-corrected chi connectivity index (χ4v) is 2.54. The average Bonchev–Trinajstić information content (AvgIpc) is 2.43. The van der Waals surface area contributed by atoms with Crippen molar-refractivity contribution in [2.45, 2.75) is 33.2 Å². The predicted octanol–water partition coefficient (Wildman–Crippen LogP) is 3.24. The average molecular weight is 281 g/mol. The van der Waals surface area contributed by atoms with Crippen LogP contribution in [-0.4, -0.2) is 31.1 Å². The van der Waals surface area contributed by atoms with Gasteiger partial charge in [-0.2, -0.15) is 0 Å². The molecule has 0 amide bonds. The van der Waals surface area contributed by atoms with Crippen LogP contribution in [0.25, 0.3) is 0 Å². The Kier molecular flexibility index (Phi) is 6.65. The summed E-state index contributed by atoms with van der Waals surface area (Å²) >= 11 is 0. The zero-order chi connectivity index (χ0) is 13.7. The lowest BCUT2D eigenvalue weighted by atomic mass is 9.93. The maximum absolute atomic E-state index is 13.6. The van der Waals surface area contributed by atoms with E-state index in [4.69, 9.17) is 0 Å². The van der Waals surface area contributed by atoms with Gasteiger partial charge in [-0.25, -0.2) is 4.39 Å². The smallest absolute Gasteiger partial charge is 0.305 e. The molecule has 1 aliphatic heterocycles. The second-order valence-corrected chi connectivity index (χ2v) is 5.09. The summed E-state index contributed by atoms with van der Waals surface area (Å²) in [5.41, 5.74) is 0.744. The summed E-state index contributed by atoms with van der Waals surface area (Å²) in [7, 11) is 1.43. The molecule has 1 aliphatic rings. The lowest BCUT2D eigenvalue weighted by Crippen LogP contribution is -2.34. The van der Waals surface area contributed by atoms with Gasteiger partial charge in [0.05, 0.1) is 7.11 Å². The van der Waals surface area contributed by atoms with Gasteiger partial charge in [0.2, 0.25) is 0 Å². The highest BCUT2D eigenvalue weighted by atomic mass is 19.1. The fraction of sp³-hybridized carbons (Fsp3) is 0.562. The highest BCUT2D eigenvalue weighted by molar-refractivity contribution is 5.69. The molecule has 4 heteroatoms. The maximum Gasteiger partial charge on any atom is 0.305 e. The number of carbonyl (C=O) groups is 1. The third-order valence-electron chi connectivity index (χ3n) is 3.74. The molecule has 0 aliphatic carbocycles. The molecule has 0 aromatic heterocycles. The summed E-state index contributed by atoms with van der Waals surface area (Å²) in [6, 6.07) is 6.90. The number of likely N-dealkylation sites (tertiary alicyclic amines) is 1. The first kappa shape index (κ1) is 16.6. The normalized spacial score (nSPS) is 16.5. The van der Waals surface area contributed by atoms with E-state index in [0.717, 1.165) is 31.5 Å². The molecule has 1 saturated heterocycles. The van der Waals surface area contributed by atoms with Crippen molar-refractivity contribution in [3.8, 4) is 0 Å². The summed E-state index contributed by atoms with van der Waals surface area (Å²) < 4.78 is 18.2. The number of methoxy groups -OCH3 is 1. The van der Waals surface area contributed by atoms with Gasteiger partial charge in [0.15, 0.2) is 0 Å². The molecule has 0 bridgehead atoms. The van der Waals surface area contributed by atoms with Crippen molar-refractivity contribution in [3.63, 3.8) is 0 Å². The maximum atomic E-state index is 13.6. The number of rotatable bonds is 4. The van der Waals surface area contributed by atoms with E-state index in [9.17, 15) is 9.18 Å². The molecule has 1 aromatic carbocycles. The van der Waals surface area contributed by atoms with Crippen LogP contribution in [0.1, 0.15) is 32.3 Å². The second-order valence-electron chi connectivity index (χ2n) is 5.09. The van der Waals surface area contributed by atoms with Crippen molar-refractivity contribution in [1.29, 1.82) is 0 Å². The Morgan fingerprint density at radius 2 is 2.00 bits per heavy atom. The van der Waals surface area contributed by atoms with Gasteiger partial charge >= 0.3 is 5.97 Å². The molecule has 1 heterocycles. The minimum Gasteiger partial charge on any atom is -0.469 e. The summed E-state index contributed by atoms with van der Waals surface area (Å²) in [5, 5.41) is 0. The molecule has 0 saturated carbocycles. The van der Waals surface area contributed by atoms with Gasteiger partial charge in [-0.3, -0.25) is 9.69 Å². The topological polar surface area (TPSA) is 29.5 Å². The molecule has 0 N–H and O–H groups in total. The standard InChI is InChI=1S/C15H20FNO2.CH4/c1-19-15(18)10-12-6-8-17(9-7-12)11-13-4-2-3-5-14(13)16;/h2-5,12H,6-11H2,1H3;1H4. The van der Waals surface area contributed by atoms with Crippen LogP contribution in [0.4, 0.5) is 4.39 Å². The number of hydrogen-bond donors (Lipinski definition) is 0. The number of benzene rings is 1. The predicted molar refractivity (Wildman–Crippen MR) is 77.8 cm³/mol. The number of halogens is 1. The summed E-state index contributed by atoms with van der Waals surface area (Å²) in [5.74, 6) is 0.135. The van der Waals surface area contributed by atoms with E-state index >= 15 is 0 Å². The molecule has 0 spiro atoms. The lowest BCUT2D eigenvalue weighted by molar-refractivity contribution is -0.142. The van der Waals surface area contributed by atoms with Gasteiger partial charge < -0.3 is 4.74 Å². The Balaban J connectivity index is 0.00000200. The van der Waals surface area contributed by atoms with Crippen LogP contribution in [0.15, 0.2) is 24.3 Å². The number of piperidine rings is 1. The third kappa shape index (κ3) is 4.60. The van der Waals surface area contributed by atoms with Crippen LogP contribution < -0.4 is 0 Å². The number of hydrogen-bond acceptors (Lipinski definition) is 3. The first-order valence-corrected chi connectivity index (χ1v) is 6.71. The monoisotopic (exact) mass is 281 g/mol. The zero-order valence-corrected chi connectivity index (χ0v) is 11.3. The van der Waals surface area contributed by atoms with E-state index < -0.39 is 0 Å². The Hall–Kier alpha value is -1.42. The number of esters is 1. The molecule has 1 fully saturated rings. The van der Waals surface area contributed by atoms with Crippen molar-refractivity contribution in [2.24, 2.45) is 5.92 Å². The van der Waals surface area contributed by atoms with Gasteiger partial charge in [-0.05, 0) is 37.9 Å². The fourth-order valence-electron chi connectivity index (χ4n) is 2.54. The third-order valence-corrected chi connectivity index (χ3v) is 3.74. The quantitative estimate of drug-likeness (QED) is 0.794. The molecule has 0 unspecified atom stereocenters. The minimum absolute atomic E-state index is 0. The highest BCUT2D eigenvalue weighted by Gasteiger charge is 2.22. The van der Waals surface area contributed by atoms with Crippen LogP contribution in [0, 0.1) is 11.7 Å². The Bertz CT molecular complexity index is 428. The van der Waals surface area contributed by atoms with Crippen LogP contribution in [-0.2, 0) is 16.1 Å². The molecule has 2 rings (SSSR count). The van der Waals surface area contributed by atoms with Crippen molar-refractivity contribution < 1.29 is 13.9 Å². The molecule has 0 radical (unpaired) electrons. The van der Waals surface area contributed by atoms with Crippen LogP contribution in [0.2, 0.25) is 0 Å². The second kappa shape index (κ2) is 8.00. The molecular formula is C16H24FNO2. The van der Waals surface area contributed by atoms with Crippen molar-refractivity contribution in [2.75, 3.05) is 20.2 Å². The van der Waals surface area contributed by atoms with Crippen LogP contribution >= 0.6 is 0 Å². The van der Waals surface area contributed by atoms with E-state index in [-0.39, 0.29) is 19.2 Å². The van der Waals surface area contributed by atoms with E-state index in [1.54, 1.807) is 6.07 Å². The Morgan fingerprint density at radius 1 is 1.35 bits per heavy atom. The summed E-state index contributed by atoms with van der Waals surface area (Å²) in [6.45, 7) is 2.48. The van der Waals surface area contributed by atoms with Crippen molar-refractivity contribution in [3.05, 3.63) is 35.6 Å². The Morgan fingerprint density at radius 3 is 2.60 bits per heavy atom. The van der Waals surface area contributed by atoms with Crippen molar-refractivity contribution in [1.82, 2.24) is 4.90 Å². The molecule has 20 heavy (non-hydrogen) atoms. The van der Waals surface area contributed by atoms with E-state index in [1.165, 1.54) is 13.2 Å². The molecule has 0 atom stereocenters. The van der Waals surface area contributed by atoms with Gasteiger partial charge in [-0.15, -0.1) is 0 Å². The first-order valence-electron chi connectivity index (χ1n) is 6.71. The van der Waals surface area contributed by atoms with Gasteiger partial charge in [0, 0.05) is 18.5 Å². The number of nitrogens with zero attached hydrogens (tertiary/aromatic N) is 1. The molecule has 3 nitrogen and oxygen atoms in total. The molecule has 1 aromatic rings. The lowest BCUT2D eigenvalue weighted by Gasteiger charge is -2.31. The molecule has 112 valence electrons. The van der Waals surface area contributed by atoms with Crippen LogP contribution in [0.5, 0.6) is 0 Å². The van der Waals surface area contributed by atoms with Crippen LogP contribution in [0.3, 0.4) is 0 Å². The van der Waals surface area contributed by atoms with E-state index in [0.29, 0.717) is 18.9 Å². The zero-order valence-electron chi connectivity index (χ0n) is 11.3.